The zero-order chi connectivity index (χ0) is 20.8. The SMILES string of the molecule is CC(=O)CC(=O)Nc1nnc(NC(CC(=O)c2ccc(Cl)c(C)c2)C(=O)O)s1. The summed E-state index contributed by atoms with van der Waals surface area (Å²) >= 11 is 6.83. The molecule has 1 aromatic carbocycles. The number of aliphatic carboxylic acids is 1. The number of nitrogens with zero attached hydrogens (tertiary/aromatic N) is 2. The molecule has 0 aliphatic heterocycles. The molecule has 0 spiro atoms. The number of halogens is 1. The summed E-state index contributed by atoms with van der Waals surface area (Å²) in [5.41, 5.74) is 1.06. The Morgan fingerprint density at radius 3 is 2.50 bits per heavy atom. The lowest BCUT2D eigenvalue weighted by Crippen LogP contribution is -2.31. The number of hydrogen-bond donors (Lipinski definition) is 3. The molecule has 1 unspecified atom stereocenters. The van der Waals surface area contributed by atoms with E-state index in [1.165, 1.54) is 13.0 Å². The minimum Gasteiger partial charge on any atom is -0.480 e. The van der Waals surface area contributed by atoms with E-state index < -0.39 is 17.9 Å². The van der Waals surface area contributed by atoms with Crippen LogP contribution in [0.5, 0.6) is 0 Å². The van der Waals surface area contributed by atoms with Gasteiger partial charge in [-0.05, 0) is 37.6 Å². The van der Waals surface area contributed by atoms with Crippen LogP contribution < -0.4 is 10.6 Å². The number of aryl methyl sites for hydroxylation is 1. The predicted molar refractivity (Wildman–Crippen MR) is 104 cm³/mol. The van der Waals surface area contributed by atoms with Crippen molar-refractivity contribution in [1.82, 2.24) is 10.2 Å². The van der Waals surface area contributed by atoms with E-state index in [1.807, 2.05) is 0 Å². The number of aromatic nitrogens is 2. The van der Waals surface area contributed by atoms with Crippen LogP contribution in [0.2, 0.25) is 5.02 Å². The van der Waals surface area contributed by atoms with Crippen LogP contribution in [0.1, 0.15) is 35.7 Å². The zero-order valence-corrected chi connectivity index (χ0v) is 16.6. The number of ketones is 2. The Labute approximate surface area is 169 Å². The van der Waals surface area contributed by atoms with Crippen LogP contribution in [0.25, 0.3) is 0 Å². The smallest absolute Gasteiger partial charge is 0.326 e. The number of carbonyl (C=O) groups is 4. The first kappa shape index (κ1) is 21.5. The Balaban J connectivity index is 2.04. The third-order valence-electron chi connectivity index (χ3n) is 3.55. The van der Waals surface area contributed by atoms with Crippen LogP contribution >= 0.6 is 22.9 Å². The van der Waals surface area contributed by atoms with Gasteiger partial charge in [-0.25, -0.2) is 4.79 Å². The van der Waals surface area contributed by atoms with Crippen LogP contribution in [0.15, 0.2) is 18.2 Å². The molecule has 0 bridgehead atoms. The molecular weight excluding hydrogens is 408 g/mol. The predicted octanol–water partition coefficient (Wildman–Crippen LogP) is 2.56. The van der Waals surface area contributed by atoms with Gasteiger partial charge in [-0.15, -0.1) is 10.2 Å². The number of amides is 1. The number of nitrogens with one attached hydrogen (secondary N) is 2. The quantitative estimate of drug-likeness (QED) is 0.412. The van der Waals surface area contributed by atoms with E-state index in [2.05, 4.69) is 20.8 Å². The molecule has 1 amide bonds. The summed E-state index contributed by atoms with van der Waals surface area (Å²) in [7, 11) is 0. The Kier molecular flexibility index (Phi) is 7.18. The number of carboxylic acids is 1. The average molecular weight is 425 g/mol. The monoisotopic (exact) mass is 424 g/mol. The molecule has 0 saturated heterocycles. The van der Waals surface area contributed by atoms with E-state index in [4.69, 9.17) is 11.6 Å². The maximum atomic E-state index is 12.4. The van der Waals surface area contributed by atoms with Gasteiger partial charge in [0.05, 0.1) is 6.42 Å². The van der Waals surface area contributed by atoms with Crippen LogP contribution in [-0.2, 0) is 14.4 Å². The van der Waals surface area contributed by atoms with Gasteiger partial charge in [0.1, 0.15) is 11.8 Å². The first-order chi connectivity index (χ1) is 13.2. The van der Waals surface area contributed by atoms with Crippen molar-refractivity contribution in [2.75, 3.05) is 10.6 Å². The molecule has 3 N–H and O–H groups in total. The summed E-state index contributed by atoms with van der Waals surface area (Å²) in [5.74, 6) is -2.46. The normalized spacial score (nSPS) is 11.5. The average Bonchev–Trinajstić information content (AvgIpc) is 3.02. The number of hydrogen-bond acceptors (Lipinski definition) is 8. The topological polar surface area (TPSA) is 138 Å². The molecule has 9 nitrogen and oxygen atoms in total. The summed E-state index contributed by atoms with van der Waals surface area (Å²) in [6.07, 6.45) is -0.614. The van der Waals surface area contributed by atoms with E-state index in [9.17, 15) is 24.3 Å². The standard InChI is InChI=1S/C17H17ClN4O5S/c1-8-5-10(3-4-11(8)18)13(24)7-12(15(26)27)19-16-21-22-17(28-16)20-14(25)6-9(2)23/h3-5,12H,6-7H2,1-2H3,(H,19,21)(H,26,27)(H,20,22,25). The van der Waals surface area contributed by atoms with Crippen LogP contribution in [0.4, 0.5) is 10.3 Å². The summed E-state index contributed by atoms with van der Waals surface area (Å²) in [5, 5.41) is 22.6. The van der Waals surface area contributed by atoms with Crippen molar-refractivity contribution < 1.29 is 24.3 Å². The van der Waals surface area contributed by atoms with E-state index in [0.29, 0.717) is 16.1 Å². The molecule has 0 saturated carbocycles. The first-order valence-corrected chi connectivity index (χ1v) is 9.26. The Bertz CT molecular complexity index is 930. The van der Waals surface area contributed by atoms with Crippen molar-refractivity contribution in [1.29, 1.82) is 0 Å². The van der Waals surface area contributed by atoms with Crippen molar-refractivity contribution in [3.8, 4) is 0 Å². The second-order valence-electron chi connectivity index (χ2n) is 5.97. The number of benzene rings is 1. The highest BCUT2D eigenvalue weighted by Crippen LogP contribution is 2.22. The van der Waals surface area contributed by atoms with Crippen molar-refractivity contribution in [3.05, 3.63) is 34.3 Å². The van der Waals surface area contributed by atoms with E-state index >= 15 is 0 Å². The van der Waals surface area contributed by atoms with Gasteiger partial charge in [-0.1, -0.05) is 22.9 Å². The fourth-order valence-corrected chi connectivity index (χ4v) is 3.02. The summed E-state index contributed by atoms with van der Waals surface area (Å²) < 4.78 is 0. The summed E-state index contributed by atoms with van der Waals surface area (Å²) in [4.78, 5) is 46.4. The molecule has 1 aromatic heterocycles. The van der Waals surface area contributed by atoms with E-state index in [-0.39, 0.29) is 34.7 Å². The van der Waals surface area contributed by atoms with Crippen LogP contribution in [0, 0.1) is 6.92 Å². The van der Waals surface area contributed by atoms with Gasteiger partial charge in [0.25, 0.3) is 0 Å². The molecular formula is C17H17ClN4O5S. The van der Waals surface area contributed by atoms with Crippen molar-refractivity contribution in [2.45, 2.75) is 32.7 Å². The molecule has 0 fully saturated rings. The van der Waals surface area contributed by atoms with Gasteiger partial charge in [0.2, 0.25) is 16.2 Å². The van der Waals surface area contributed by atoms with Gasteiger partial charge >= 0.3 is 5.97 Å². The Morgan fingerprint density at radius 2 is 1.89 bits per heavy atom. The molecule has 2 aromatic rings. The largest absolute Gasteiger partial charge is 0.480 e. The fourth-order valence-electron chi connectivity index (χ4n) is 2.19. The first-order valence-electron chi connectivity index (χ1n) is 8.07. The lowest BCUT2D eigenvalue weighted by molar-refractivity contribution is -0.138. The number of anilines is 2. The lowest BCUT2D eigenvalue weighted by atomic mass is 10.0. The van der Waals surface area contributed by atoms with Crippen LogP contribution in [0.3, 0.4) is 0 Å². The highest BCUT2D eigenvalue weighted by molar-refractivity contribution is 7.19. The van der Waals surface area contributed by atoms with Crippen molar-refractivity contribution in [2.24, 2.45) is 0 Å². The van der Waals surface area contributed by atoms with Crippen molar-refractivity contribution >= 4 is 56.6 Å². The second kappa shape index (κ2) is 9.38. The Hall–Kier alpha value is -2.85. The van der Waals surface area contributed by atoms with E-state index in [1.54, 1.807) is 19.1 Å². The van der Waals surface area contributed by atoms with Gasteiger partial charge < -0.3 is 15.7 Å². The van der Waals surface area contributed by atoms with Gasteiger partial charge in [-0.2, -0.15) is 0 Å². The van der Waals surface area contributed by atoms with Gasteiger partial charge in [0.15, 0.2) is 5.78 Å². The molecule has 28 heavy (non-hydrogen) atoms. The maximum absolute atomic E-state index is 12.4. The number of carbonyl (C=O) groups excluding carboxylic acids is 3. The highest BCUT2D eigenvalue weighted by Gasteiger charge is 2.24. The summed E-state index contributed by atoms with van der Waals surface area (Å²) in [6.45, 7) is 3.03. The fraction of sp³-hybridized carbons (Fsp3) is 0.294. The van der Waals surface area contributed by atoms with Gasteiger partial charge in [0, 0.05) is 17.0 Å². The molecule has 0 aliphatic carbocycles. The molecule has 0 radical (unpaired) electrons. The van der Waals surface area contributed by atoms with Gasteiger partial charge in [-0.3, -0.25) is 14.4 Å². The van der Waals surface area contributed by atoms with Crippen LogP contribution in [-0.4, -0.2) is 44.8 Å². The third kappa shape index (κ3) is 6.10. The second-order valence-corrected chi connectivity index (χ2v) is 7.35. The number of rotatable bonds is 9. The zero-order valence-electron chi connectivity index (χ0n) is 15.0. The molecule has 2 rings (SSSR count). The molecule has 1 heterocycles. The third-order valence-corrected chi connectivity index (χ3v) is 4.74. The van der Waals surface area contributed by atoms with Crippen molar-refractivity contribution in [3.63, 3.8) is 0 Å². The minimum atomic E-state index is -1.24. The summed E-state index contributed by atoms with van der Waals surface area (Å²) in [6, 6.07) is 3.47. The molecule has 0 aliphatic rings. The highest BCUT2D eigenvalue weighted by atomic mass is 35.5. The minimum absolute atomic E-state index is 0.109. The lowest BCUT2D eigenvalue weighted by Gasteiger charge is -2.12. The number of carboxylic acid groups (broad SMARTS) is 1. The number of Topliss-reactive ketones (excluding diaryl/α,β-unsaturated/α-hetero) is 2. The molecule has 1 atom stereocenters. The Morgan fingerprint density at radius 1 is 1.21 bits per heavy atom. The molecule has 148 valence electrons. The van der Waals surface area contributed by atoms with E-state index in [0.717, 1.165) is 11.3 Å². The maximum Gasteiger partial charge on any atom is 0.326 e. The molecule has 11 heteroatoms.